The maximum absolute atomic E-state index is 11.2. The molecular formula is C16H17Cl2N3O2S2. The van der Waals surface area contributed by atoms with E-state index in [0.717, 1.165) is 11.1 Å². The summed E-state index contributed by atoms with van der Waals surface area (Å²) in [4.78, 5) is 0.0984. The van der Waals surface area contributed by atoms with Gasteiger partial charge in [-0.2, -0.15) is 0 Å². The lowest BCUT2D eigenvalue weighted by molar-refractivity contribution is 0.598. The van der Waals surface area contributed by atoms with Gasteiger partial charge in [0.15, 0.2) is 5.11 Å². The van der Waals surface area contributed by atoms with E-state index in [1.165, 1.54) is 12.1 Å². The number of nitrogens with two attached hydrogens (primary N) is 1. The number of benzene rings is 2. The number of rotatable bonds is 6. The van der Waals surface area contributed by atoms with Crippen LogP contribution >= 0.6 is 35.4 Å². The second kappa shape index (κ2) is 8.82. The number of halogens is 2. The molecule has 0 bridgehead atoms. The highest BCUT2D eigenvalue weighted by molar-refractivity contribution is 7.89. The van der Waals surface area contributed by atoms with Crippen LogP contribution in [0.5, 0.6) is 0 Å². The van der Waals surface area contributed by atoms with Crippen LogP contribution in [0.3, 0.4) is 0 Å². The van der Waals surface area contributed by atoms with Crippen molar-refractivity contribution in [3.63, 3.8) is 0 Å². The SMILES string of the molecule is NS(=O)(=O)c1ccc(CCNC(=S)NCc2ccc(Cl)cc2Cl)cc1. The molecule has 0 spiro atoms. The van der Waals surface area contributed by atoms with E-state index in [4.69, 9.17) is 40.6 Å². The first-order chi connectivity index (χ1) is 11.8. The summed E-state index contributed by atoms with van der Waals surface area (Å²) in [5.41, 5.74) is 1.87. The zero-order chi connectivity index (χ0) is 18.4. The van der Waals surface area contributed by atoms with Crippen molar-refractivity contribution in [3.05, 3.63) is 63.6 Å². The van der Waals surface area contributed by atoms with Crippen molar-refractivity contribution in [1.29, 1.82) is 0 Å². The monoisotopic (exact) mass is 417 g/mol. The van der Waals surface area contributed by atoms with Gasteiger partial charge >= 0.3 is 0 Å². The summed E-state index contributed by atoms with van der Waals surface area (Å²) in [6.07, 6.45) is 0.689. The molecule has 0 atom stereocenters. The van der Waals surface area contributed by atoms with E-state index in [9.17, 15) is 8.42 Å². The van der Waals surface area contributed by atoms with E-state index in [1.807, 2.05) is 6.07 Å². The normalized spacial score (nSPS) is 11.2. The van der Waals surface area contributed by atoms with Gasteiger partial charge in [-0.3, -0.25) is 0 Å². The molecule has 0 saturated carbocycles. The predicted molar refractivity (Wildman–Crippen MR) is 105 cm³/mol. The van der Waals surface area contributed by atoms with Crippen molar-refractivity contribution in [3.8, 4) is 0 Å². The molecule has 2 rings (SSSR count). The Bertz CT molecular complexity index is 856. The highest BCUT2D eigenvalue weighted by atomic mass is 35.5. The topological polar surface area (TPSA) is 84.2 Å². The van der Waals surface area contributed by atoms with E-state index in [2.05, 4.69) is 10.6 Å². The molecule has 0 amide bonds. The fourth-order valence-electron chi connectivity index (χ4n) is 2.07. The Morgan fingerprint density at radius 3 is 2.36 bits per heavy atom. The fraction of sp³-hybridized carbons (Fsp3) is 0.188. The smallest absolute Gasteiger partial charge is 0.238 e. The summed E-state index contributed by atoms with van der Waals surface area (Å²) >= 11 is 17.2. The van der Waals surface area contributed by atoms with Gasteiger partial charge in [0, 0.05) is 23.1 Å². The third kappa shape index (κ3) is 6.45. The van der Waals surface area contributed by atoms with Crippen molar-refractivity contribution in [2.45, 2.75) is 17.9 Å². The number of hydrogen-bond donors (Lipinski definition) is 3. The summed E-state index contributed by atoms with van der Waals surface area (Å²) in [7, 11) is -3.66. The molecule has 0 heterocycles. The minimum atomic E-state index is -3.66. The Kier molecular flexibility index (Phi) is 7.04. The number of nitrogens with one attached hydrogen (secondary N) is 2. The van der Waals surface area contributed by atoms with Gasteiger partial charge in [-0.25, -0.2) is 13.6 Å². The summed E-state index contributed by atoms with van der Waals surface area (Å²) in [5, 5.41) is 12.9. The Morgan fingerprint density at radius 2 is 1.76 bits per heavy atom. The van der Waals surface area contributed by atoms with Gasteiger partial charge in [0.1, 0.15) is 0 Å². The lowest BCUT2D eigenvalue weighted by atomic mass is 10.1. The van der Waals surface area contributed by atoms with Crippen LogP contribution in [-0.4, -0.2) is 20.1 Å². The van der Waals surface area contributed by atoms with E-state index in [-0.39, 0.29) is 4.90 Å². The second-order valence-corrected chi connectivity index (χ2v) is 8.10. The summed E-state index contributed by atoms with van der Waals surface area (Å²) in [5.74, 6) is 0. The summed E-state index contributed by atoms with van der Waals surface area (Å²) < 4.78 is 22.4. The molecule has 0 aliphatic rings. The molecule has 0 saturated heterocycles. The summed E-state index contributed by atoms with van der Waals surface area (Å²) in [6, 6.07) is 11.7. The number of hydrogen-bond acceptors (Lipinski definition) is 3. The first kappa shape index (κ1) is 19.9. The van der Waals surface area contributed by atoms with E-state index < -0.39 is 10.0 Å². The highest BCUT2D eigenvalue weighted by Gasteiger charge is 2.07. The van der Waals surface area contributed by atoms with Crippen LogP contribution in [0.15, 0.2) is 47.4 Å². The molecule has 0 aliphatic heterocycles. The summed E-state index contributed by atoms with van der Waals surface area (Å²) in [6.45, 7) is 1.10. The van der Waals surface area contributed by atoms with Crippen LogP contribution in [-0.2, 0) is 23.0 Å². The Morgan fingerprint density at radius 1 is 1.08 bits per heavy atom. The quantitative estimate of drug-likeness (QED) is 0.629. The number of sulfonamides is 1. The lowest BCUT2D eigenvalue weighted by Gasteiger charge is -2.11. The van der Waals surface area contributed by atoms with Crippen molar-refractivity contribution in [2.24, 2.45) is 5.14 Å². The van der Waals surface area contributed by atoms with Gasteiger partial charge in [-0.05, 0) is 54.0 Å². The van der Waals surface area contributed by atoms with E-state index >= 15 is 0 Å². The van der Waals surface area contributed by atoms with Crippen LogP contribution in [0.2, 0.25) is 10.0 Å². The van der Waals surface area contributed by atoms with E-state index in [0.29, 0.717) is 34.7 Å². The zero-order valence-electron chi connectivity index (χ0n) is 13.1. The van der Waals surface area contributed by atoms with Crippen molar-refractivity contribution in [2.75, 3.05) is 6.54 Å². The number of thiocarbonyl (C=S) groups is 1. The zero-order valence-corrected chi connectivity index (χ0v) is 16.3. The van der Waals surface area contributed by atoms with Gasteiger partial charge < -0.3 is 10.6 Å². The van der Waals surface area contributed by atoms with Gasteiger partial charge in [-0.1, -0.05) is 41.4 Å². The third-order valence-electron chi connectivity index (χ3n) is 3.41. The molecule has 25 heavy (non-hydrogen) atoms. The highest BCUT2D eigenvalue weighted by Crippen LogP contribution is 2.20. The Labute approximate surface area is 162 Å². The van der Waals surface area contributed by atoms with Gasteiger partial charge in [-0.15, -0.1) is 0 Å². The number of primary sulfonamides is 1. The van der Waals surface area contributed by atoms with Crippen LogP contribution in [0.4, 0.5) is 0 Å². The van der Waals surface area contributed by atoms with E-state index in [1.54, 1.807) is 24.3 Å². The van der Waals surface area contributed by atoms with Gasteiger partial charge in [0.25, 0.3) is 0 Å². The minimum Gasteiger partial charge on any atom is -0.362 e. The third-order valence-corrected chi connectivity index (χ3v) is 5.21. The first-order valence-electron chi connectivity index (χ1n) is 7.33. The fourth-order valence-corrected chi connectivity index (χ4v) is 3.23. The maximum Gasteiger partial charge on any atom is 0.238 e. The lowest BCUT2D eigenvalue weighted by Crippen LogP contribution is -2.35. The molecule has 4 N–H and O–H groups in total. The molecule has 2 aromatic carbocycles. The molecule has 134 valence electrons. The van der Waals surface area contributed by atoms with Gasteiger partial charge in [0.05, 0.1) is 4.90 Å². The average Bonchev–Trinajstić information content (AvgIpc) is 2.53. The van der Waals surface area contributed by atoms with Crippen LogP contribution in [0.25, 0.3) is 0 Å². The Balaban J connectivity index is 1.77. The minimum absolute atomic E-state index is 0.0984. The van der Waals surface area contributed by atoms with Crippen molar-refractivity contribution in [1.82, 2.24) is 10.6 Å². The molecular weight excluding hydrogens is 401 g/mol. The van der Waals surface area contributed by atoms with Crippen LogP contribution in [0, 0.1) is 0 Å². The molecule has 9 heteroatoms. The molecule has 0 fully saturated rings. The Hall–Kier alpha value is -1.38. The molecule has 0 unspecified atom stereocenters. The molecule has 0 aliphatic carbocycles. The average molecular weight is 418 g/mol. The molecule has 5 nitrogen and oxygen atoms in total. The molecule has 0 radical (unpaired) electrons. The second-order valence-electron chi connectivity index (χ2n) is 5.28. The van der Waals surface area contributed by atoms with Gasteiger partial charge in [0.2, 0.25) is 10.0 Å². The largest absolute Gasteiger partial charge is 0.362 e. The molecule has 0 aromatic heterocycles. The first-order valence-corrected chi connectivity index (χ1v) is 10.0. The molecule has 2 aromatic rings. The van der Waals surface area contributed by atoms with Crippen molar-refractivity contribution < 1.29 is 8.42 Å². The van der Waals surface area contributed by atoms with Crippen LogP contribution < -0.4 is 15.8 Å². The standard InChI is InChI=1S/C16H17Cl2N3O2S2/c17-13-4-3-12(15(18)9-13)10-21-16(24)20-8-7-11-1-5-14(6-2-11)25(19,22)23/h1-6,9H,7-8,10H2,(H2,19,22,23)(H2,20,21,24). The van der Waals surface area contributed by atoms with Crippen molar-refractivity contribution >= 4 is 50.6 Å². The maximum atomic E-state index is 11.2. The predicted octanol–water partition coefficient (Wildman–Crippen LogP) is 2.85. The van der Waals surface area contributed by atoms with Crippen LogP contribution in [0.1, 0.15) is 11.1 Å².